The minimum Gasteiger partial charge on any atom is -0.423 e. The Morgan fingerprint density at radius 3 is 2.17 bits per heavy atom. The van der Waals surface area contributed by atoms with Gasteiger partial charge in [0, 0.05) is 21.1 Å². The van der Waals surface area contributed by atoms with Crippen LogP contribution in [0.2, 0.25) is 10.0 Å². The molecule has 0 unspecified atom stereocenters. The zero-order valence-corrected chi connectivity index (χ0v) is 14.4. The zero-order valence-electron chi connectivity index (χ0n) is 12.9. The van der Waals surface area contributed by atoms with E-state index in [2.05, 4.69) is 5.32 Å². The minimum absolute atomic E-state index is 0.00592. The Morgan fingerprint density at radius 2 is 1.62 bits per heavy atom. The predicted molar refractivity (Wildman–Crippen MR) is 93.8 cm³/mol. The van der Waals surface area contributed by atoms with Crippen molar-refractivity contribution in [2.75, 3.05) is 5.32 Å². The molecule has 0 heterocycles. The standard InChI is InChI=1S/C18H15Cl2NO3/c1-18(6-7-18)17(23)21-14-4-2-11(3-5-14)16(22)24-15-9-12(19)8-13(20)10-15/h2-5,8-10H,6-7H2,1H3,(H,21,23). The fourth-order valence-electron chi connectivity index (χ4n) is 2.14. The first-order valence-corrected chi connectivity index (χ1v) is 8.21. The molecule has 0 bridgehead atoms. The number of ether oxygens (including phenoxy) is 1. The third-order valence-corrected chi connectivity index (χ3v) is 4.41. The summed E-state index contributed by atoms with van der Waals surface area (Å²) in [5.41, 5.74) is 0.765. The van der Waals surface area contributed by atoms with E-state index >= 15 is 0 Å². The van der Waals surface area contributed by atoms with Crippen LogP contribution in [-0.4, -0.2) is 11.9 Å². The molecule has 6 heteroatoms. The van der Waals surface area contributed by atoms with E-state index in [0.717, 1.165) is 12.8 Å². The van der Waals surface area contributed by atoms with Gasteiger partial charge in [-0.05, 0) is 55.3 Å². The number of benzene rings is 2. The van der Waals surface area contributed by atoms with Crippen molar-refractivity contribution in [1.29, 1.82) is 0 Å². The summed E-state index contributed by atoms with van der Waals surface area (Å²) in [6.07, 6.45) is 1.82. The lowest BCUT2D eigenvalue weighted by molar-refractivity contribution is -0.120. The molecule has 1 fully saturated rings. The molecule has 1 aliphatic carbocycles. The molecule has 1 saturated carbocycles. The molecular weight excluding hydrogens is 349 g/mol. The summed E-state index contributed by atoms with van der Waals surface area (Å²) in [4.78, 5) is 24.1. The molecule has 3 rings (SSSR count). The van der Waals surface area contributed by atoms with Crippen LogP contribution in [0, 0.1) is 5.41 Å². The molecule has 1 amide bonds. The maximum atomic E-state index is 12.1. The summed E-state index contributed by atoms with van der Waals surface area (Å²) < 4.78 is 5.25. The number of carbonyl (C=O) groups excluding carboxylic acids is 2. The topological polar surface area (TPSA) is 55.4 Å². The van der Waals surface area contributed by atoms with Gasteiger partial charge in [0.25, 0.3) is 0 Å². The molecule has 0 atom stereocenters. The number of hydrogen-bond donors (Lipinski definition) is 1. The van der Waals surface area contributed by atoms with Crippen LogP contribution in [-0.2, 0) is 4.79 Å². The van der Waals surface area contributed by atoms with E-state index in [1.165, 1.54) is 12.1 Å². The van der Waals surface area contributed by atoms with Gasteiger partial charge in [0.15, 0.2) is 0 Å². The van der Waals surface area contributed by atoms with Crippen LogP contribution in [0.5, 0.6) is 5.75 Å². The summed E-state index contributed by atoms with van der Waals surface area (Å²) in [5.74, 6) is -0.247. The Balaban J connectivity index is 1.66. The summed E-state index contributed by atoms with van der Waals surface area (Å²) in [7, 11) is 0. The van der Waals surface area contributed by atoms with Gasteiger partial charge in [-0.15, -0.1) is 0 Å². The molecule has 0 saturated heterocycles. The molecule has 0 aromatic heterocycles. The largest absolute Gasteiger partial charge is 0.423 e. The average Bonchev–Trinajstić information content (AvgIpc) is 3.26. The SMILES string of the molecule is CC1(C(=O)Nc2ccc(C(=O)Oc3cc(Cl)cc(Cl)c3)cc2)CC1. The smallest absolute Gasteiger partial charge is 0.343 e. The number of rotatable bonds is 4. The molecule has 1 N–H and O–H groups in total. The first-order chi connectivity index (χ1) is 11.4. The second-order valence-corrected chi connectivity index (χ2v) is 6.96. The van der Waals surface area contributed by atoms with Crippen molar-refractivity contribution < 1.29 is 14.3 Å². The summed E-state index contributed by atoms with van der Waals surface area (Å²) in [6.45, 7) is 1.93. The number of nitrogens with one attached hydrogen (secondary N) is 1. The second-order valence-electron chi connectivity index (χ2n) is 6.09. The van der Waals surface area contributed by atoms with E-state index < -0.39 is 5.97 Å². The van der Waals surface area contributed by atoms with Gasteiger partial charge in [0.1, 0.15) is 5.75 Å². The van der Waals surface area contributed by atoms with Gasteiger partial charge in [0.05, 0.1) is 5.56 Å². The number of carbonyl (C=O) groups is 2. The molecule has 0 aliphatic heterocycles. The van der Waals surface area contributed by atoms with Gasteiger partial charge in [-0.2, -0.15) is 0 Å². The van der Waals surface area contributed by atoms with Gasteiger partial charge >= 0.3 is 5.97 Å². The van der Waals surface area contributed by atoms with Crippen molar-refractivity contribution in [2.24, 2.45) is 5.41 Å². The van der Waals surface area contributed by atoms with Gasteiger partial charge in [-0.1, -0.05) is 30.1 Å². The van der Waals surface area contributed by atoms with Gasteiger partial charge in [-0.25, -0.2) is 4.79 Å². The number of halogens is 2. The van der Waals surface area contributed by atoms with Crippen LogP contribution in [0.4, 0.5) is 5.69 Å². The van der Waals surface area contributed by atoms with Crippen LogP contribution >= 0.6 is 23.2 Å². The highest BCUT2D eigenvalue weighted by molar-refractivity contribution is 6.34. The normalized spacial score (nSPS) is 14.8. The number of hydrogen-bond acceptors (Lipinski definition) is 3. The lowest BCUT2D eigenvalue weighted by Gasteiger charge is -2.10. The minimum atomic E-state index is -0.527. The number of anilines is 1. The molecule has 1 aliphatic rings. The van der Waals surface area contributed by atoms with Crippen LogP contribution in [0.25, 0.3) is 0 Å². The van der Waals surface area contributed by atoms with E-state index in [0.29, 0.717) is 21.3 Å². The maximum Gasteiger partial charge on any atom is 0.343 e. The van der Waals surface area contributed by atoms with E-state index in [-0.39, 0.29) is 17.1 Å². The Kier molecular flexibility index (Phi) is 4.52. The molecule has 4 nitrogen and oxygen atoms in total. The van der Waals surface area contributed by atoms with Crippen molar-refractivity contribution in [1.82, 2.24) is 0 Å². The third kappa shape index (κ3) is 3.89. The fourth-order valence-corrected chi connectivity index (χ4v) is 2.65. The molecule has 24 heavy (non-hydrogen) atoms. The Labute approximate surface area is 149 Å². The van der Waals surface area contributed by atoms with Crippen molar-refractivity contribution in [3.05, 3.63) is 58.1 Å². The molecule has 2 aromatic rings. The average molecular weight is 364 g/mol. The van der Waals surface area contributed by atoms with Crippen LogP contribution in [0.15, 0.2) is 42.5 Å². The third-order valence-electron chi connectivity index (χ3n) is 3.97. The summed E-state index contributed by atoms with van der Waals surface area (Å²) in [5, 5.41) is 3.62. The van der Waals surface area contributed by atoms with E-state index in [9.17, 15) is 9.59 Å². The molecule has 2 aromatic carbocycles. The van der Waals surface area contributed by atoms with Gasteiger partial charge in [-0.3, -0.25) is 4.79 Å². The highest BCUT2D eigenvalue weighted by Crippen LogP contribution is 2.45. The van der Waals surface area contributed by atoms with Crippen LogP contribution in [0.1, 0.15) is 30.1 Å². The fraction of sp³-hybridized carbons (Fsp3) is 0.222. The van der Waals surface area contributed by atoms with Crippen molar-refractivity contribution in [3.8, 4) is 5.75 Å². The highest BCUT2D eigenvalue weighted by Gasteiger charge is 2.44. The second kappa shape index (κ2) is 6.46. The molecule has 0 radical (unpaired) electrons. The lowest BCUT2D eigenvalue weighted by Crippen LogP contribution is -2.21. The Morgan fingerprint density at radius 1 is 1.04 bits per heavy atom. The monoisotopic (exact) mass is 363 g/mol. The Hall–Kier alpha value is -2.04. The zero-order chi connectivity index (χ0) is 17.3. The number of esters is 1. The Bertz CT molecular complexity index is 778. The van der Waals surface area contributed by atoms with Crippen LogP contribution < -0.4 is 10.1 Å². The van der Waals surface area contributed by atoms with Crippen LogP contribution in [0.3, 0.4) is 0 Å². The lowest BCUT2D eigenvalue weighted by atomic mass is 10.1. The van der Waals surface area contributed by atoms with Gasteiger partial charge < -0.3 is 10.1 Å². The maximum absolute atomic E-state index is 12.1. The van der Waals surface area contributed by atoms with Crippen molar-refractivity contribution >= 4 is 40.8 Å². The van der Waals surface area contributed by atoms with E-state index in [4.69, 9.17) is 27.9 Å². The summed E-state index contributed by atoms with van der Waals surface area (Å²) >= 11 is 11.7. The van der Waals surface area contributed by atoms with Crippen molar-refractivity contribution in [3.63, 3.8) is 0 Å². The van der Waals surface area contributed by atoms with Gasteiger partial charge in [0.2, 0.25) is 5.91 Å². The molecule has 0 spiro atoms. The quantitative estimate of drug-likeness (QED) is 0.617. The number of amides is 1. The predicted octanol–water partition coefficient (Wildman–Crippen LogP) is 4.95. The van der Waals surface area contributed by atoms with E-state index in [1.54, 1.807) is 30.3 Å². The molecular formula is C18H15Cl2NO3. The first kappa shape index (κ1) is 16.8. The highest BCUT2D eigenvalue weighted by atomic mass is 35.5. The summed E-state index contributed by atoms with van der Waals surface area (Å²) in [6, 6.07) is 11.1. The first-order valence-electron chi connectivity index (χ1n) is 7.45. The van der Waals surface area contributed by atoms with E-state index in [1.807, 2.05) is 6.92 Å². The van der Waals surface area contributed by atoms with Crippen molar-refractivity contribution in [2.45, 2.75) is 19.8 Å². The molecule has 124 valence electrons.